The molecule has 3 N–H and O–H groups in total. The van der Waals surface area contributed by atoms with E-state index in [9.17, 15) is 0 Å². The maximum absolute atomic E-state index is 5.91. The predicted octanol–water partition coefficient (Wildman–Crippen LogP) is 5.05. The normalized spacial score (nSPS) is 10.4. The molecule has 0 unspecified atom stereocenters. The summed E-state index contributed by atoms with van der Waals surface area (Å²) in [4.78, 5) is 15.4. The Morgan fingerprint density at radius 2 is 1.77 bits per heavy atom. The highest BCUT2D eigenvalue weighted by Gasteiger charge is 2.11. The van der Waals surface area contributed by atoms with Crippen LogP contribution in [0.25, 0.3) is 11.0 Å². The molecule has 0 radical (unpaired) electrons. The molecule has 7 nitrogen and oxygen atoms in total. The quantitative estimate of drug-likeness (QED) is 0.485. The monoisotopic (exact) mass is 403 g/mol. The zero-order chi connectivity index (χ0) is 21.7. The topological polar surface area (TPSA) is 84.9 Å². The largest absolute Gasteiger partial charge is 0.369 e. The standard InChI is InChI=1S/C21H23N7.C2H6/c1-4-14-5-7-15(8-6-14)24-21-23-12-11-19(26-21)27(2)16-9-10-18-17(13-16)25-20(22)28(18)3;1-2/h5-13H,4H2,1-3H3,(H2,22,25)(H,23,24,26);1-2H3. The summed E-state index contributed by atoms with van der Waals surface area (Å²) in [5.74, 6) is 1.83. The number of fused-ring (bicyclic) bond motifs is 1. The Balaban J connectivity index is 0.00000124. The Hall–Kier alpha value is -3.61. The van der Waals surface area contributed by atoms with Crippen molar-refractivity contribution in [3.8, 4) is 0 Å². The average Bonchev–Trinajstić information content (AvgIpc) is 3.08. The summed E-state index contributed by atoms with van der Waals surface area (Å²) >= 11 is 0. The first kappa shape index (κ1) is 21.1. The van der Waals surface area contributed by atoms with E-state index in [4.69, 9.17) is 5.73 Å². The van der Waals surface area contributed by atoms with E-state index in [-0.39, 0.29) is 0 Å². The number of benzene rings is 2. The van der Waals surface area contributed by atoms with E-state index in [0.717, 1.165) is 34.6 Å². The second-order valence-corrected chi connectivity index (χ2v) is 6.67. The van der Waals surface area contributed by atoms with Gasteiger partial charge in [-0.15, -0.1) is 0 Å². The lowest BCUT2D eigenvalue weighted by Gasteiger charge is -2.19. The number of hydrogen-bond acceptors (Lipinski definition) is 6. The molecule has 0 saturated carbocycles. The molecule has 30 heavy (non-hydrogen) atoms. The Morgan fingerprint density at radius 1 is 1.03 bits per heavy atom. The lowest BCUT2D eigenvalue weighted by atomic mass is 10.1. The second kappa shape index (κ2) is 9.26. The third kappa shape index (κ3) is 4.35. The van der Waals surface area contributed by atoms with Crippen molar-refractivity contribution in [3.63, 3.8) is 0 Å². The number of hydrogen-bond donors (Lipinski definition) is 2. The minimum atomic E-state index is 0.498. The van der Waals surface area contributed by atoms with Crippen molar-refractivity contribution in [2.75, 3.05) is 23.0 Å². The summed E-state index contributed by atoms with van der Waals surface area (Å²) in [6.07, 6.45) is 2.77. The summed E-state index contributed by atoms with van der Waals surface area (Å²) in [5.41, 5.74) is 11.0. The van der Waals surface area contributed by atoms with Gasteiger partial charge >= 0.3 is 0 Å². The average molecular weight is 404 g/mol. The number of nitrogens with one attached hydrogen (secondary N) is 1. The van der Waals surface area contributed by atoms with E-state index in [2.05, 4.69) is 39.3 Å². The smallest absolute Gasteiger partial charge is 0.229 e. The Labute approximate surface area is 177 Å². The predicted molar refractivity (Wildman–Crippen MR) is 126 cm³/mol. The number of imidazole rings is 1. The van der Waals surface area contributed by atoms with Crippen LogP contribution in [0.2, 0.25) is 0 Å². The third-order valence-electron chi connectivity index (χ3n) is 4.89. The number of anilines is 5. The minimum Gasteiger partial charge on any atom is -0.369 e. The van der Waals surface area contributed by atoms with Crippen LogP contribution in [-0.2, 0) is 13.5 Å². The fourth-order valence-electron chi connectivity index (χ4n) is 3.10. The first-order chi connectivity index (χ1) is 14.5. The zero-order valence-electron chi connectivity index (χ0n) is 18.2. The van der Waals surface area contributed by atoms with Gasteiger partial charge in [0.25, 0.3) is 0 Å². The maximum atomic E-state index is 5.91. The van der Waals surface area contributed by atoms with Crippen LogP contribution >= 0.6 is 0 Å². The van der Waals surface area contributed by atoms with E-state index in [1.54, 1.807) is 6.20 Å². The SMILES string of the molecule is CC.CCc1ccc(Nc2nccc(N(C)c3ccc4c(c3)nc(N)n4C)n2)cc1. The van der Waals surface area contributed by atoms with E-state index in [1.807, 2.05) is 73.8 Å². The lowest BCUT2D eigenvalue weighted by molar-refractivity contribution is 0.965. The zero-order valence-corrected chi connectivity index (χ0v) is 18.2. The molecule has 0 bridgehead atoms. The van der Waals surface area contributed by atoms with Crippen molar-refractivity contribution in [1.29, 1.82) is 0 Å². The van der Waals surface area contributed by atoms with Crippen LogP contribution < -0.4 is 16.0 Å². The molecule has 0 amide bonds. The van der Waals surface area contributed by atoms with Gasteiger partial charge in [0.15, 0.2) is 0 Å². The van der Waals surface area contributed by atoms with Crippen LogP contribution in [0.15, 0.2) is 54.7 Å². The molecule has 0 aliphatic carbocycles. The van der Waals surface area contributed by atoms with E-state index in [0.29, 0.717) is 11.9 Å². The summed E-state index contributed by atoms with van der Waals surface area (Å²) in [6.45, 7) is 6.14. The van der Waals surface area contributed by atoms with Crippen molar-refractivity contribution < 1.29 is 0 Å². The van der Waals surface area contributed by atoms with Gasteiger partial charge in [0, 0.05) is 31.7 Å². The first-order valence-electron chi connectivity index (χ1n) is 10.2. The molecule has 7 heteroatoms. The molecule has 0 saturated heterocycles. The molecule has 2 aromatic carbocycles. The number of aromatic nitrogens is 4. The van der Waals surface area contributed by atoms with Crippen molar-refractivity contribution in [2.45, 2.75) is 27.2 Å². The molecule has 4 rings (SSSR count). The fraction of sp³-hybridized carbons (Fsp3) is 0.261. The minimum absolute atomic E-state index is 0.498. The Bertz CT molecular complexity index is 1120. The van der Waals surface area contributed by atoms with Gasteiger partial charge in [0.05, 0.1) is 11.0 Å². The summed E-state index contributed by atoms with van der Waals surface area (Å²) in [6, 6.07) is 16.2. The summed E-state index contributed by atoms with van der Waals surface area (Å²) in [5, 5.41) is 3.26. The highest BCUT2D eigenvalue weighted by atomic mass is 15.2. The molecular formula is C23H29N7. The first-order valence-corrected chi connectivity index (χ1v) is 10.2. The van der Waals surface area contributed by atoms with Crippen molar-refractivity contribution in [2.24, 2.45) is 7.05 Å². The van der Waals surface area contributed by atoms with Gasteiger partial charge in [0.2, 0.25) is 11.9 Å². The van der Waals surface area contributed by atoms with Crippen LogP contribution in [0.1, 0.15) is 26.3 Å². The number of nitrogen functional groups attached to an aromatic ring is 1. The van der Waals surface area contributed by atoms with Crippen molar-refractivity contribution in [3.05, 3.63) is 60.3 Å². The molecule has 2 aromatic heterocycles. The van der Waals surface area contributed by atoms with Crippen molar-refractivity contribution >= 4 is 40.1 Å². The van der Waals surface area contributed by atoms with Crippen LogP contribution in [0.3, 0.4) is 0 Å². The van der Waals surface area contributed by atoms with Crippen molar-refractivity contribution in [1.82, 2.24) is 19.5 Å². The van der Waals surface area contributed by atoms with Crippen LogP contribution in [0.4, 0.5) is 29.1 Å². The van der Waals surface area contributed by atoms with E-state index < -0.39 is 0 Å². The van der Waals surface area contributed by atoms with Crippen LogP contribution in [0.5, 0.6) is 0 Å². The number of rotatable bonds is 5. The van der Waals surface area contributed by atoms with Gasteiger partial charge in [-0.25, -0.2) is 9.97 Å². The number of nitrogens with zero attached hydrogens (tertiary/aromatic N) is 5. The van der Waals surface area contributed by atoms with Crippen LogP contribution in [-0.4, -0.2) is 26.6 Å². The van der Waals surface area contributed by atoms with Gasteiger partial charge in [-0.3, -0.25) is 0 Å². The highest BCUT2D eigenvalue weighted by Crippen LogP contribution is 2.27. The van der Waals surface area contributed by atoms with Crippen LogP contribution in [0, 0.1) is 0 Å². The third-order valence-corrected chi connectivity index (χ3v) is 4.89. The molecule has 2 heterocycles. The van der Waals surface area contributed by atoms with Gasteiger partial charge in [-0.05, 0) is 48.4 Å². The lowest BCUT2D eigenvalue weighted by Crippen LogP contribution is -2.12. The summed E-state index contributed by atoms with van der Waals surface area (Å²) in [7, 11) is 3.87. The highest BCUT2D eigenvalue weighted by molar-refractivity contribution is 5.83. The summed E-state index contributed by atoms with van der Waals surface area (Å²) < 4.78 is 1.87. The Kier molecular flexibility index (Phi) is 6.51. The number of nitrogens with two attached hydrogens (primary N) is 1. The molecule has 4 aromatic rings. The van der Waals surface area contributed by atoms with Gasteiger partial charge in [0.1, 0.15) is 5.82 Å². The second-order valence-electron chi connectivity index (χ2n) is 6.67. The van der Waals surface area contributed by atoms with E-state index in [1.165, 1.54) is 5.56 Å². The maximum Gasteiger partial charge on any atom is 0.229 e. The van der Waals surface area contributed by atoms with Gasteiger partial charge in [-0.1, -0.05) is 32.9 Å². The van der Waals surface area contributed by atoms with Gasteiger partial charge in [-0.2, -0.15) is 4.98 Å². The van der Waals surface area contributed by atoms with Gasteiger partial charge < -0.3 is 20.5 Å². The molecule has 0 atom stereocenters. The van der Waals surface area contributed by atoms with E-state index >= 15 is 0 Å². The molecular weight excluding hydrogens is 374 g/mol. The fourth-order valence-corrected chi connectivity index (χ4v) is 3.10. The molecule has 0 aliphatic heterocycles. The molecule has 0 aliphatic rings. The molecule has 156 valence electrons. The Morgan fingerprint density at radius 3 is 2.47 bits per heavy atom. The number of aryl methyl sites for hydroxylation is 2. The molecule has 0 fully saturated rings. The molecule has 0 spiro atoms.